The van der Waals surface area contributed by atoms with Crippen LogP contribution in [-0.2, 0) is 0 Å². The number of hydrogen-bond acceptors (Lipinski definition) is 6. The van der Waals surface area contributed by atoms with E-state index in [2.05, 4.69) is 4.98 Å². The largest absolute Gasteiger partial charge is 0.391 e. The number of piperidine rings is 1. The summed E-state index contributed by atoms with van der Waals surface area (Å²) in [6.45, 7) is 1.01. The maximum absolute atomic E-state index is 10.9. The third-order valence-electron chi connectivity index (χ3n) is 2.77. The van der Waals surface area contributed by atoms with Crippen molar-refractivity contribution >= 4 is 17.3 Å². The van der Waals surface area contributed by atoms with Gasteiger partial charge in [0, 0.05) is 19.2 Å². The quantitative estimate of drug-likeness (QED) is 0.575. The van der Waals surface area contributed by atoms with Gasteiger partial charge < -0.3 is 15.7 Å². The molecular formula is C10H14N4O3. The molecule has 0 radical (unpaired) electrons. The van der Waals surface area contributed by atoms with Crippen LogP contribution in [-0.4, -0.2) is 34.2 Å². The smallest absolute Gasteiger partial charge is 0.311 e. The van der Waals surface area contributed by atoms with Crippen LogP contribution in [0.3, 0.4) is 0 Å². The SMILES string of the molecule is Nc1ccc([N+](=O)[O-])c(N2CCCC(O)C2)n1. The zero-order valence-electron chi connectivity index (χ0n) is 9.24. The third kappa shape index (κ3) is 2.44. The zero-order valence-corrected chi connectivity index (χ0v) is 9.24. The molecule has 0 aliphatic carbocycles. The van der Waals surface area contributed by atoms with Gasteiger partial charge in [0.25, 0.3) is 0 Å². The Bertz CT molecular complexity index is 438. The van der Waals surface area contributed by atoms with Crippen molar-refractivity contribution in [2.24, 2.45) is 0 Å². The lowest BCUT2D eigenvalue weighted by atomic mass is 10.1. The van der Waals surface area contributed by atoms with Crippen LogP contribution in [0.15, 0.2) is 12.1 Å². The van der Waals surface area contributed by atoms with E-state index in [1.807, 2.05) is 0 Å². The number of rotatable bonds is 2. The molecule has 1 aliphatic heterocycles. The second-order valence-electron chi connectivity index (χ2n) is 4.08. The molecule has 2 rings (SSSR count). The lowest BCUT2D eigenvalue weighted by Crippen LogP contribution is -2.39. The van der Waals surface area contributed by atoms with Gasteiger partial charge in [0.2, 0.25) is 5.82 Å². The van der Waals surface area contributed by atoms with Crippen LogP contribution in [0, 0.1) is 10.1 Å². The summed E-state index contributed by atoms with van der Waals surface area (Å²) < 4.78 is 0. The van der Waals surface area contributed by atoms with Crippen LogP contribution in [0.25, 0.3) is 0 Å². The van der Waals surface area contributed by atoms with Crippen molar-refractivity contribution in [1.82, 2.24) is 4.98 Å². The maximum Gasteiger partial charge on any atom is 0.311 e. The van der Waals surface area contributed by atoms with Crippen molar-refractivity contribution in [2.45, 2.75) is 18.9 Å². The van der Waals surface area contributed by atoms with Crippen LogP contribution in [0.1, 0.15) is 12.8 Å². The normalized spacial score (nSPS) is 20.3. The van der Waals surface area contributed by atoms with E-state index < -0.39 is 11.0 Å². The molecule has 1 unspecified atom stereocenters. The predicted molar refractivity (Wildman–Crippen MR) is 62.8 cm³/mol. The van der Waals surface area contributed by atoms with E-state index in [-0.39, 0.29) is 17.3 Å². The van der Waals surface area contributed by atoms with Crippen LogP contribution in [0.2, 0.25) is 0 Å². The molecule has 1 aromatic heterocycles. The first kappa shape index (κ1) is 11.6. The molecule has 1 aliphatic rings. The van der Waals surface area contributed by atoms with Crippen molar-refractivity contribution < 1.29 is 10.0 Å². The highest BCUT2D eigenvalue weighted by Gasteiger charge is 2.25. The summed E-state index contributed by atoms with van der Waals surface area (Å²) in [4.78, 5) is 16.1. The monoisotopic (exact) mass is 238 g/mol. The van der Waals surface area contributed by atoms with Gasteiger partial charge in [-0.2, -0.15) is 0 Å². The van der Waals surface area contributed by atoms with Gasteiger partial charge in [0.15, 0.2) is 0 Å². The van der Waals surface area contributed by atoms with E-state index in [1.54, 1.807) is 4.90 Å². The fourth-order valence-electron chi connectivity index (χ4n) is 1.98. The fourth-order valence-corrected chi connectivity index (χ4v) is 1.98. The number of nitrogen functional groups attached to an aromatic ring is 1. The van der Waals surface area contributed by atoms with Crippen LogP contribution in [0.4, 0.5) is 17.3 Å². The Kier molecular flexibility index (Phi) is 3.10. The van der Waals surface area contributed by atoms with Crippen molar-refractivity contribution in [3.8, 4) is 0 Å². The minimum Gasteiger partial charge on any atom is -0.391 e. The Hall–Kier alpha value is -1.89. The minimum atomic E-state index is -0.483. The van der Waals surface area contributed by atoms with Crippen molar-refractivity contribution in [2.75, 3.05) is 23.7 Å². The highest BCUT2D eigenvalue weighted by molar-refractivity contribution is 5.61. The lowest BCUT2D eigenvalue weighted by Gasteiger charge is -2.30. The first-order valence-electron chi connectivity index (χ1n) is 5.42. The zero-order chi connectivity index (χ0) is 12.4. The average molecular weight is 238 g/mol. The van der Waals surface area contributed by atoms with Crippen LogP contribution >= 0.6 is 0 Å². The summed E-state index contributed by atoms with van der Waals surface area (Å²) in [7, 11) is 0. The molecule has 0 bridgehead atoms. The number of nitrogens with two attached hydrogens (primary N) is 1. The molecule has 1 saturated heterocycles. The first-order chi connectivity index (χ1) is 8.08. The molecule has 0 aromatic carbocycles. The Morgan fingerprint density at radius 2 is 2.35 bits per heavy atom. The van der Waals surface area contributed by atoms with E-state index in [0.717, 1.165) is 6.42 Å². The molecule has 3 N–H and O–H groups in total. The summed E-state index contributed by atoms with van der Waals surface area (Å²) in [6, 6.07) is 2.75. The number of nitrogens with zero attached hydrogens (tertiary/aromatic N) is 3. The standard InChI is InChI=1S/C10H14N4O3/c11-9-4-3-8(14(16)17)10(12-9)13-5-1-2-7(15)6-13/h3-4,7,15H,1-2,5-6H2,(H2,11,12). The third-order valence-corrected chi connectivity index (χ3v) is 2.77. The first-order valence-corrected chi connectivity index (χ1v) is 5.42. The van der Waals surface area contributed by atoms with Crippen LogP contribution in [0.5, 0.6) is 0 Å². The molecular weight excluding hydrogens is 224 g/mol. The summed E-state index contributed by atoms with van der Waals surface area (Å²) >= 11 is 0. The molecule has 1 aromatic rings. The van der Waals surface area contributed by atoms with Gasteiger partial charge in [0.1, 0.15) is 5.82 Å². The molecule has 92 valence electrons. The molecule has 0 amide bonds. The predicted octanol–water partition coefficient (Wildman–Crippen LogP) is 0.533. The van der Waals surface area contributed by atoms with E-state index in [9.17, 15) is 15.2 Å². The highest BCUT2D eigenvalue weighted by atomic mass is 16.6. The number of aromatic nitrogens is 1. The van der Waals surface area contributed by atoms with Crippen molar-refractivity contribution in [1.29, 1.82) is 0 Å². The van der Waals surface area contributed by atoms with Gasteiger partial charge in [-0.1, -0.05) is 0 Å². The molecule has 17 heavy (non-hydrogen) atoms. The van der Waals surface area contributed by atoms with E-state index in [1.165, 1.54) is 12.1 Å². The Labute approximate surface area is 98.0 Å². The van der Waals surface area contributed by atoms with Crippen molar-refractivity contribution in [3.63, 3.8) is 0 Å². The van der Waals surface area contributed by atoms with Gasteiger partial charge >= 0.3 is 5.69 Å². The van der Waals surface area contributed by atoms with Gasteiger partial charge in [-0.25, -0.2) is 4.98 Å². The van der Waals surface area contributed by atoms with Crippen molar-refractivity contribution in [3.05, 3.63) is 22.2 Å². The van der Waals surface area contributed by atoms with Gasteiger partial charge in [-0.3, -0.25) is 10.1 Å². The molecule has 1 atom stereocenters. The van der Waals surface area contributed by atoms with Gasteiger partial charge in [0.05, 0.1) is 11.0 Å². The Morgan fingerprint density at radius 1 is 1.59 bits per heavy atom. The molecule has 0 saturated carbocycles. The van der Waals surface area contributed by atoms with Gasteiger partial charge in [-0.05, 0) is 18.9 Å². The second-order valence-corrected chi connectivity index (χ2v) is 4.08. The van der Waals surface area contributed by atoms with E-state index in [0.29, 0.717) is 19.5 Å². The fraction of sp³-hybridized carbons (Fsp3) is 0.500. The number of nitro groups is 1. The van der Waals surface area contributed by atoms with E-state index in [4.69, 9.17) is 5.73 Å². The minimum absolute atomic E-state index is 0.0756. The number of anilines is 2. The molecule has 2 heterocycles. The summed E-state index contributed by atoms with van der Waals surface area (Å²) in [5, 5.41) is 20.5. The average Bonchev–Trinajstić information content (AvgIpc) is 2.28. The topological polar surface area (TPSA) is 106 Å². The maximum atomic E-state index is 10.9. The van der Waals surface area contributed by atoms with Crippen LogP contribution < -0.4 is 10.6 Å². The number of aliphatic hydroxyl groups is 1. The number of aliphatic hydroxyl groups excluding tert-OH is 1. The molecule has 7 heteroatoms. The second kappa shape index (κ2) is 4.54. The number of pyridine rings is 1. The molecule has 7 nitrogen and oxygen atoms in total. The summed E-state index contributed by atoms with van der Waals surface area (Å²) in [6.07, 6.45) is 1.04. The summed E-state index contributed by atoms with van der Waals surface area (Å²) in [5.41, 5.74) is 5.47. The Balaban J connectivity index is 2.35. The van der Waals surface area contributed by atoms with Gasteiger partial charge in [-0.15, -0.1) is 0 Å². The molecule has 0 spiro atoms. The number of β-amino-alcohol motifs (C(OH)–C–C–N with tert-alkyl or cyclic N) is 1. The lowest BCUT2D eigenvalue weighted by molar-refractivity contribution is -0.384. The summed E-state index contributed by atoms with van der Waals surface area (Å²) in [5.74, 6) is 0.486. The Morgan fingerprint density at radius 3 is 3.00 bits per heavy atom. The van der Waals surface area contributed by atoms with E-state index >= 15 is 0 Å². The highest BCUT2D eigenvalue weighted by Crippen LogP contribution is 2.29. The number of hydrogen-bond donors (Lipinski definition) is 2. The molecule has 1 fully saturated rings.